The molecule has 0 aliphatic carbocycles. The fourth-order valence-corrected chi connectivity index (χ4v) is 2.74. The minimum absolute atomic E-state index is 0.531. The number of rotatable bonds is 5. The normalized spacial score (nSPS) is 18.9. The van der Waals surface area contributed by atoms with Crippen LogP contribution in [0.2, 0.25) is 0 Å². The Kier molecular flexibility index (Phi) is 4.86. The van der Waals surface area contributed by atoms with Crippen LogP contribution in [0.3, 0.4) is 0 Å². The summed E-state index contributed by atoms with van der Waals surface area (Å²) in [5.74, 6) is 0.843. The Morgan fingerprint density at radius 1 is 1.18 bits per heavy atom. The SMILES string of the molecule is CN1CCC[C@H]1COc1cncc(/C=C/c2ccccc2)c1. The van der Waals surface area contributed by atoms with Crippen LogP contribution in [0.4, 0.5) is 0 Å². The topological polar surface area (TPSA) is 25.4 Å². The molecule has 0 spiro atoms. The van der Waals surface area contributed by atoms with Crippen molar-refractivity contribution < 1.29 is 4.74 Å². The van der Waals surface area contributed by atoms with Crippen molar-refractivity contribution in [2.45, 2.75) is 18.9 Å². The van der Waals surface area contributed by atoms with Gasteiger partial charge in [0.05, 0.1) is 6.20 Å². The van der Waals surface area contributed by atoms with Crippen molar-refractivity contribution >= 4 is 12.2 Å². The van der Waals surface area contributed by atoms with Gasteiger partial charge in [-0.15, -0.1) is 0 Å². The minimum atomic E-state index is 0.531. The summed E-state index contributed by atoms with van der Waals surface area (Å²) in [5.41, 5.74) is 2.24. The zero-order chi connectivity index (χ0) is 15.2. The first-order chi connectivity index (χ1) is 10.8. The van der Waals surface area contributed by atoms with E-state index in [1.165, 1.54) is 24.9 Å². The predicted octanol–water partition coefficient (Wildman–Crippen LogP) is 3.73. The van der Waals surface area contributed by atoms with Gasteiger partial charge in [0.2, 0.25) is 0 Å². The fourth-order valence-electron chi connectivity index (χ4n) is 2.74. The van der Waals surface area contributed by atoms with E-state index in [1.54, 1.807) is 6.20 Å². The lowest BCUT2D eigenvalue weighted by atomic mass is 10.2. The first-order valence-corrected chi connectivity index (χ1v) is 7.82. The molecule has 0 amide bonds. The van der Waals surface area contributed by atoms with Crippen LogP contribution in [-0.4, -0.2) is 36.1 Å². The van der Waals surface area contributed by atoms with Crippen LogP contribution in [0.1, 0.15) is 24.0 Å². The third-order valence-corrected chi connectivity index (χ3v) is 4.12. The van der Waals surface area contributed by atoms with E-state index < -0.39 is 0 Å². The summed E-state index contributed by atoms with van der Waals surface area (Å²) in [4.78, 5) is 6.64. The molecule has 1 aliphatic rings. The number of benzene rings is 1. The van der Waals surface area contributed by atoms with Gasteiger partial charge in [0.25, 0.3) is 0 Å². The molecular weight excluding hydrogens is 272 g/mol. The number of likely N-dealkylation sites (tertiary alicyclic amines) is 1. The summed E-state index contributed by atoms with van der Waals surface area (Å²) >= 11 is 0. The van der Waals surface area contributed by atoms with Gasteiger partial charge in [-0.2, -0.15) is 0 Å². The molecule has 1 saturated heterocycles. The van der Waals surface area contributed by atoms with Crippen molar-refractivity contribution in [2.75, 3.05) is 20.2 Å². The summed E-state index contributed by atoms with van der Waals surface area (Å²) in [5, 5.41) is 0. The molecule has 1 atom stereocenters. The molecule has 2 heterocycles. The first kappa shape index (κ1) is 14.8. The molecule has 3 heteroatoms. The molecule has 1 fully saturated rings. The molecule has 1 aromatic carbocycles. The second-order valence-corrected chi connectivity index (χ2v) is 5.79. The number of hydrogen-bond acceptors (Lipinski definition) is 3. The molecule has 3 nitrogen and oxygen atoms in total. The van der Waals surface area contributed by atoms with Gasteiger partial charge in [0.1, 0.15) is 12.4 Å². The van der Waals surface area contributed by atoms with Crippen molar-refractivity contribution in [3.63, 3.8) is 0 Å². The third kappa shape index (κ3) is 3.95. The maximum absolute atomic E-state index is 5.91. The second-order valence-electron chi connectivity index (χ2n) is 5.79. The summed E-state index contributed by atoms with van der Waals surface area (Å²) in [7, 11) is 2.16. The molecule has 0 radical (unpaired) electrons. The van der Waals surface area contributed by atoms with Crippen molar-refractivity contribution in [3.05, 3.63) is 59.9 Å². The van der Waals surface area contributed by atoms with Gasteiger partial charge < -0.3 is 9.64 Å². The molecule has 2 aromatic rings. The Hall–Kier alpha value is -2.13. The highest BCUT2D eigenvalue weighted by molar-refractivity contribution is 5.69. The van der Waals surface area contributed by atoms with E-state index in [0.717, 1.165) is 17.9 Å². The van der Waals surface area contributed by atoms with Gasteiger partial charge in [0, 0.05) is 12.2 Å². The van der Waals surface area contributed by atoms with E-state index in [9.17, 15) is 0 Å². The monoisotopic (exact) mass is 294 g/mol. The largest absolute Gasteiger partial charge is 0.490 e. The highest BCUT2D eigenvalue weighted by atomic mass is 16.5. The maximum atomic E-state index is 5.91. The molecular formula is C19H22N2O. The van der Waals surface area contributed by atoms with Gasteiger partial charge >= 0.3 is 0 Å². The van der Waals surface area contributed by atoms with E-state index in [2.05, 4.69) is 41.2 Å². The standard InChI is InChI=1S/C19H22N2O/c1-21-11-5-8-18(21)15-22-19-12-17(13-20-14-19)10-9-16-6-3-2-4-7-16/h2-4,6-7,9-10,12-14,18H,5,8,11,15H2,1H3/b10-9+/t18-/m0/s1. The lowest BCUT2D eigenvalue weighted by Gasteiger charge is -2.19. The van der Waals surface area contributed by atoms with Crippen LogP contribution in [-0.2, 0) is 0 Å². The lowest BCUT2D eigenvalue weighted by Crippen LogP contribution is -2.30. The van der Waals surface area contributed by atoms with Crippen molar-refractivity contribution in [1.82, 2.24) is 9.88 Å². The number of nitrogens with zero attached hydrogens (tertiary/aromatic N) is 2. The van der Waals surface area contributed by atoms with Crippen LogP contribution in [0.25, 0.3) is 12.2 Å². The number of pyridine rings is 1. The highest BCUT2D eigenvalue weighted by Gasteiger charge is 2.21. The van der Waals surface area contributed by atoms with E-state index >= 15 is 0 Å². The Labute approximate surface area is 132 Å². The van der Waals surface area contributed by atoms with Crippen molar-refractivity contribution in [3.8, 4) is 5.75 Å². The molecule has 0 unspecified atom stereocenters. The van der Waals surface area contributed by atoms with E-state index in [4.69, 9.17) is 4.74 Å². The summed E-state index contributed by atoms with van der Waals surface area (Å²) in [6, 6.07) is 12.8. The maximum Gasteiger partial charge on any atom is 0.138 e. The molecule has 1 aromatic heterocycles. The molecule has 1 aliphatic heterocycles. The van der Waals surface area contributed by atoms with E-state index in [-0.39, 0.29) is 0 Å². The predicted molar refractivity (Wildman–Crippen MR) is 90.8 cm³/mol. The van der Waals surface area contributed by atoms with Gasteiger partial charge in [-0.3, -0.25) is 4.98 Å². The second kappa shape index (κ2) is 7.23. The lowest BCUT2D eigenvalue weighted by molar-refractivity contribution is 0.198. The number of aromatic nitrogens is 1. The average molecular weight is 294 g/mol. The van der Waals surface area contributed by atoms with Crippen LogP contribution < -0.4 is 4.74 Å². The summed E-state index contributed by atoms with van der Waals surface area (Å²) in [6.45, 7) is 1.91. The number of ether oxygens (including phenoxy) is 1. The Bertz CT molecular complexity index is 624. The number of hydrogen-bond donors (Lipinski definition) is 0. The summed E-state index contributed by atoms with van der Waals surface area (Å²) in [6.07, 6.45) is 10.3. The van der Waals surface area contributed by atoms with Crippen LogP contribution >= 0.6 is 0 Å². The van der Waals surface area contributed by atoms with Crippen molar-refractivity contribution in [2.24, 2.45) is 0 Å². The minimum Gasteiger partial charge on any atom is -0.490 e. The Morgan fingerprint density at radius 2 is 2.00 bits per heavy atom. The molecule has 0 N–H and O–H groups in total. The van der Waals surface area contributed by atoms with Crippen LogP contribution in [0.15, 0.2) is 48.8 Å². The quantitative estimate of drug-likeness (QED) is 0.840. The zero-order valence-corrected chi connectivity index (χ0v) is 13.0. The van der Waals surface area contributed by atoms with Gasteiger partial charge in [0.15, 0.2) is 0 Å². The molecule has 114 valence electrons. The van der Waals surface area contributed by atoms with Crippen molar-refractivity contribution in [1.29, 1.82) is 0 Å². The Morgan fingerprint density at radius 3 is 2.77 bits per heavy atom. The molecule has 0 bridgehead atoms. The van der Waals surface area contributed by atoms with Crippen LogP contribution in [0, 0.1) is 0 Å². The summed E-state index contributed by atoms with van der Waals surface area (Å²) < 4.78 is 5.91. The molecule has 3 rings (SSSR count). The number of likely N-dealkylation sites (N-methyl/N-ethyl adjacent to an activating group) is 1. The van der Waals surface area contributed by atoms with E-state index in [1.807, 2.05) is 30.5 Å². The highest BCUT2D eigenvalue weighted by Crippen LogP contribution is 2.18. The molecule has 0 saturated carbocycles. The van der Waals surface area contributed by atoms with E-state index in [0.29, 0.717) is 6.04 Å². The zero-order valence-electron chi connectivity index (χ0n) is 13.0. The fraction of sp³-hybridized carbons (Fsp3) is 0.316. The van der Waals surface area contributed by atoms with Crippen LogP contribution in [0.5, 0.6) is 5.75 Å². The third-order valence-electron chi connectivity index (χ3n) is 4.12. The Balaban J connectivity index is 1.61. The van der Waals surface area contributed by atoms with Gasteiger partial charge in [-0.1, -0.05) is 42.5 Å². The van der Waals surface area contributed by atoms with Gasteiger partial charge in [-0.05, 0) is 43.6 Å². The molecule has 22 heavy (non-hydrogen) atoms. The van der Waals surface area contributed by atoms with Gasteiger partial charge in [-0.25, -0.2) is 0 Å². The first-order valence-electron chi connectivity index (χ1n) is 7.82. The average Bonchev–Trinajstić information content (AvgIpc) is 2.98. The smallest absolute Gasteiger partial charge is 0.138 e.